The molecule has 86 heavy (non-hydrogen) atoms. The number of nitrogens with zero attached hydrogens (tertiary/aromatic N) is 8. The van der Waals surface area contributed by atoms with Crippen molar-refractivity contribution in [3.8, 4) is 53.4 Å². The first-order valence-corrected chi connectivity index (χ1v) is 27.2. The Bertz CT molecular complexity index is 3700. The van der Waals surface area contributed by atoms with Gasteiger partial charge in [-0.05, 0) is 115 Å². The number of aromatic nitrogens is 7. The van der Waals surface area contributed by atoms with Crippen LogP contribution in [-0.2, 0) is 30.5 Å². The summed E-state index contributed by atoms with van der Waals surface area (Å²) in [5, 5.41) is 12.3. The van der Waals surface area contributed by atoms with Crippen LogP contribution in [0, 0.1) is 29.2 Å². The second-order valence-corrected chi connectivity index (χ2v) is 19.0. The highest BCUT2D eigenvalue weighted by molar-refractivity contribution is 9.09. The smallest absolute Gasteiger partial charge is 0.433 e. The summed E-state index contributed by atoms with van der Waals surface area (Å²) in [7, 11) is 0. The van der Waals surface area contributed by atoms with Crippen molar-refractivity contribution in [1.29, 1.82) is 0 Å². The molecule has 2 N–H and O–H groups in total. The van der Waals surface area contributed by atoms with Gasteiger partial charge in [0, 0.05) is 67.6 Å². The Morgan fingerprint density at radius 2 is 1.08 bits per heavy atom. The van der Waals surface area contributed by atoms with Crippen molar-refractivity contribution in [2.75, 3.05) is 11.1 Å². The topological polar surface area (TPSA) is 172 Å². The van der Waals surface area contributed by atoms with Crippen molar-refractivity contribution in [3.63, 3.8) is 0 Å². The summed E-state index contributed by atoms with van der Waals surface area (Å²) in [5.74, 6) is 8.34. The van der Waals surface area contributed by atoms with Crippen LogP contribution in [0.2, 0.25) is 0 Å². The Labute approximate surface area is 504 Å². The number of H-pyrrole nitrogens is 2. The summed E-state index contributed by atoms with van der Waals surface area (Å²) < 4.78 is 159. The first-order valence-electron chi connectivity index (χ1n) is 23.7. The Morgan fingerprint density at radius 3 is 1.50 bits per heavy atom. The van der Waals surface area contributed by atoms with Crippen molar-refractivity contribution in [1.82, 2.24) is 34.9 Å². The van der Waals surface area contributed by atoms with Crippen molar-refractivity contribution in [3.05, 3.63) is 242 Å². The molecule has 0 atom stereocenters. The highest BCUT2D eigenvalue weighted by Crippen LogP contribution is 2.33. The molecule has 5 heterocycles. The number of rotatable bonds is 11. The van der Waals surface area contributed by atoms with E-state index in [4.69, 9.17) is 27.9 Å². The highest BCUT2D eigenvalue weighted by Gasteiger charge is 2.34. The second kappa shape index (κ2) is 34.7. The third-order valence-electron chi connectivity index (χ3n) is 9.58. The van der Waals surface area contributed by atoms with Gasteiger partial charge in [-0.15, -0.1) is 41.5 Å². The average Bonchev–Trinajstić information content (AvgIpc) is 4.21. The second-order valence-electron chi connectivity index (χ2n) is 15.9. The first-order chi connectivity index (χ1) is 40.8. The fraction of sp³-hybridized carbons (Fsp3) is 0.123. The fourth-order valence-corrected chi connectivity index (χ4v) is 7.44. The molecule has 4 aromatic carbocycles. The van der Waals surface area contributed by atoms with E-state index in [0.29, 0.717) is 55.6 Å². The average molecular weight is 1320 g/mol. The van der Waals surface area contributed by atoms with Crippen molar-refractivity contribution in [2.45, 2.75) is 40.2 Å². The number of aromatic amines is 2. The number of terminal acetylenes is 2. The molecule has 0 spiro atoms. The maximum Gasteiger partial charge on any atom is 0.433 e. The van der Waals surface area contributed by atoms with E-state index in [2.05, 4.69) is 75.3 Å². The van der Waals surface area contributed by atoms with E-state index in [9.17, 15) is 57.5 Å². The lowest BCUT2D eigenvalue weighted by Gasteiger charge is -2.07. The number of hydrogen-bond acceptors (Lipinski definition) is 11. The molecule has 0 fully saturated rings. The molecule has 9 rings (SSSR count). The predicted octanol–water partition coefficient (Wildman–Crippen LogP) is 18.2. The zero-order valence-corrected chi connectivity index (χ0v) is 47.7. The standard InChI is InChI=1S/C21H15F3N4OS.C12H9N3O.C9H6F3NS.C6H4F3NO.C6H4F3NS.C3H3Br/c22-21(23,24)20-12-19(10-11-25-20)30-14-15-13-28(27-26-15)16-6-8-18(9-7-16)29-17-4-2-1-3-5-17;13-15-14-10-6-8-12(9-7-10)16-11-4-2-1-3-5-11;1-2-5-14-7-3-4-13-8(6-7)9(10,11)12;2*7-6(8,9)5-3-4(11)1-2-10-5;1-2-3-4/h1-13H,14H2;1-9H;1,3-4,6H,5H2;2*1-3H,(H,10,11);1H,3H2. The van der Waals surface area contributed by atoms with Gasteiger partial charge in [-0.25, -0.2) is 4.68 Å². The van der Waals surface area contributed by atoms with Crippen molar-refractivity contribution >= 4 is 57.4 Å². The lowest BCUT2D eigenvalue weighted by Crippen LogP contribution is -2.11. The van der Waals surface area contributed by atoms with Gasteiger partial charge >= 0.3 is 24.7 Å². The molecule has 0 aliphatic carbocycles. The molecular formula is C57H41BrF12N10O3S3. The minimum atomic E-state index is -4.47. The van der Waals surface area contributed by atoms with E-state index < -0.39 is 52.9 Å². The Morgan fingerprint density at radius 1 is 0.616 bits per heavy atom. The molecule has 5 aromatic heterocycles. The number of thioether (sulfide) groups is 2. The Hall–Kier alpha value is -8.99. The largest absolute Gasteiger partial charge is 0.457 e. The van der Waals surface area contributed by atoms with Crippen molar-refractivity contribution in [2.24, 2.45) is 5.11 Å². The number of ether oxygens (including phenoxy) is 2. The van der Waals surface area contributed by atoms with Gasteiger partial charge in [0.05, 0.1) is 28.7 Å². The zero-order valence-electron chi connectivity index (χ0n) is 43.6. The monoisotopic (exact) mass is 1320 g/mol. The van der Waals surface area contributed by atoms with Gasteiger partial charge in [0.2, 0.25) is 0 Å². The van der Waals surface area contributed by atoms with Gasteiger partial charge < -0.3 is 19.4 Å². The van der Waals surface area contributed by atoms with Crippen LogP contribution in [0.1, 0.15) is 28.5 Å². The summed E-state index contributed by atoms with van der Waals surface area (Å²) in [4.78, 5) is 24.6. The van der Waals surface area contributed by atoms with E-state index in [1.54, 1.807) is 35.1 Å². The summed E-state index contributed by atoms with van der Waals surface area (Å²) in [5.41, 5.74) is 5.97. The molecule has 0 aliphatic rings. The molecule has 0 aliphatic heterocycles. The number of pyridine rings is 4. The minimum absolute atomic E-state index is 0.177. The van der Waals surface area contributed by atoms with Gasteiger partial charge in [0.25, 0.3) is 0 Å². The number of alkyl halides is 13. The fourth-order valence-electron chi connectivity index (χ4n) is 5.85. The molecule has 0 radical (unpaired) electrons. The van der Waals surface area contributed by atoms with Crippen LogP contribution in [0.4, 0.5) is 58.4 Å². The zero-order chi connectivity index (χ0) is 63.2. The molecule has 9 aromatic rings. The van der Waals surface area contributed by atoms with Crippen LogP contribution < -0.4 is 14.9 Å². The minimum Gasteiger partial charge on any atom is -0.457 e. The molecule has 0 amide bonds. The normalized spacial score (nSPS) is 10.7. The lowest BCUT2D eigenvalue weighted by atomic mass is 10.3. The van der Waals surface area contributed by atoms with Crippen LogP contribution in [0.5, 0.6) is 23.0 Å². The number of nitrogens with one attached hydrogen (secondary N) is 2. The van der Waals surface area contributed by atoms with Crippen LogP contribution in [0.25, 0.3) is 16.1 Å². The number of azide groups is 1. The van der Waals surface area contributed by atoms with Gasteiger partial charge in [0.1, 0.15) is 45.8 Å². The predicted molar refractivity (Wildman–Crippen MR) is 309 cm³/mol. The summed E-state index contributed by atoms with van der Waals surface area (Å²) in [6, 6.07) is 42.1. The van der Waals surface area contributed by atoms with Crippen LogP contribution in [0.3, 0.4) is 0 Å². The van der Waals surface area contributed by atoms with E-state index in [1.165, 1.54) is 47.9 Å². The van der Waals surface area contributed by atoms with Crippen LogP contribution in [-0.4, -0.2) is 46.0 Å². The molecule has 0 saturated carbocycles. The molecule has 29 heteroatoms. The van der Waals surface area contributed by atoms with E-state index in [-0.39, 0.29) is 4.51 Å². The van der Waals surface area contributed by atoms with E-state index in [1.807, 2.05) is 89.9 Å². The van der Waals surface area contributed by atoms with Crippen molar-refractivity contribution < 1.29 is 62.2 Å². The van der Waals surface area contributed by atoms with Gasteiger partial charge in [0.15, 0.2) is 5.43 Å². The van der Waals surface area contributed by atoms with Crippen LogP contribution >= 0.6 is 51.7 Å². The van der Waals surface area contributed by atoms with E-state index in [0.717, 1.165) is 60.0 Å². The third-order valence-corrected chi connectivity index (χ3v) is 12.1. The lowest BCUT2D eigenvalue weighted by molar-refractivity contribution is -0.142. The molecule has 446 valence electrons. The molecule has 13 nitrogen and oxygen atoms in total. The van der Waals surface area contributed by atoms with E-state index >= 15 is 0 Å². The number of benzene rings is 4. The van der Waals surface area contributed by atoms with Crippen LogP contribution in [0.15, 0.2) is 208 Å². The maximum absolute atomic E-state index is 12.8. The highest BCUT2D eigenvalue weighted by atomic mass is 79.9. The van der Waals surface area contributed by atoms with Gasteiger partial charge in [-0.2, -0.15) is 52.7 Å². The Balaban J connectivity index is 0.000000241. The summed E-state index contributed by atoms with van der Waals surface area (Å²) in [6.45, 7) is 0. The molecular weight excluding hydrogens is 1280 g/mol. The Kier molecular flexibility index (Phi) is 28.0. The quantitative estimate of drug-likeness (QED) is 0.0185. The first kappa shape index (κ1) is 69.5. The number of para-hydroxylation sites is 2. The third kappa shape index (κ3) is 26.3. The number of hydrogen-bond donors (Lipinski definition) is 2. The molecule has 0 saturated heterocycles. The summed E-state index contributed by atoms with van der Waals surface area (Å²) >= 11 is 9.98. The summed E-state index contributed by atoms with van der Waals surface area (Å²) in [6.07, 6.45) is -1.79. The van der Waals surface area contributed by atoms with Gasteiger partial charge in [-0.1, -0.05) is 86.7 Å². The maximum atomic E-state index is 12.8. The molecule has 0 unspecified atom stereocenters. The van der Waals surface area contributed by atoms with Gasteiger partial charge in [-0.3, -0.25) is 14.8 Å². The molecule has 0 bridgehead atoms. The number of halogens is 13. The SMILES string of the molecule is C#CCBr.C#CCSc1ccnc(C(F)(F)F)c1.FC(F)(F)c1cc(=S)cc[nH]1.FC(F)(F)c1cc(SCc2cn(-c3ccc(Oc4ccccc4)cc3)nn2)ccn1.O=c1cc[nH]c(C(F)(F)F)c1.[N-]=[N+]=Nc1ccc(Oc2ccccc2)cc1.